The average molecular weight is 281 g/mol. The molecule has 1 heterocycles. The fraction of sp³-hybridized carbons (Fsp3) is 0.429. The molecule has 1 aromatic carbocycles. The summed E-state index contributed by atoms with van der Waals surface area (Å²) in [6.45, 7) is 5.99. The van der Waals surface area contributed by atoms with Crippen LogP contribution in [-0.2, 0) is 9.59 Å². The van der Waals surface area contributed by atoms with E-state index in [0.29, 0.717) is 11.6 Å². The Balaban J connectivity index is 2.56. The van der Waals surface area contributed by atoms with E-state index in [-0.39, 0.29) is 11.8 Å². The number of halogens is 1. The summed E-state index contributed by atoms with van der Waals surface area (Å²) in [7, 11) is 0. The first kappa shape index (κ1) is 13.9. The molecule has 1 aromatic rings. The number of amides is 2. The van der Waals surface area contributed by atoms with Gasteiger partial charge < -0.3 is 10.2 Å². The maximum absolute atomic E-state index is 12.4. The Labute approximate surface area is 117 Å². The molecule has 0 radical (unpaired) electrons. The maximum atomic E-state index is 12.4. The smallest absolute Gasteiger partial charge is 0.254 e. The fourth-order valence-corrected chi connectivity index (χ4v) is 2.76. The first-order valence-corrected chi connectivity index (χ1v) is 6.72. The highest BCUT2D eigenvalue weighted by Gasteiger charge is 2.39. The van der Waals surface area contributed by atoms with Crippen LogP contribution in [0, 0.1) is 6.92 Å². The third-order valence-electron chi connectivity index (χ3n) is 3.23. The third kappa shape index (κ3) is 2.32. The van der Waals surface area contributed by atoms with E-state index < -0.39 is 6.04 Å². The number of anilines is 1. The topological polar surface area (TPSA) is 49.4 Å². The molecular formula is C14H17ClN2O2. The van der Waals surface area contributed by atoms with Crippen LogP contribution < -0.4 is 10.2 Å². The molecule has 0 unspecified atom stereocenters. The predicted molar refractivity (Wildman–Crippen MR) is 75.4 cm³/mol. The van der Waals surface area contributed by atoms with E-state index in [0.717, 1.165) is 23.2 Å². The highest BCUT2D eigenvalue weighted by Crippen LogP contribution is 2.42. The zero-order valence-electron chi connectivity index (χ0n) is 11.3. The van der Waals surface area contributed by atoms with Crippen LogP contribution >= 0.6 is 11.6 Å². The Hall–Kier alpha value is -1.55. The van der Waals surface area contributed by atoms with Gasteiger partial charge in [-0.2, -0.15) is 0 Å². The molecule has 1 aliphatic heterocycles. The molecule has 5 heteroatoms. The molecule has 0 spiro atoms. The van der Waals surface area contributed by atoms with Crippen molar-refractivity contribution in [2.24, 2.45) is 0 Å². The molecule has 2 amide bonds. The van der Waals surface area contributed by atoms with Crippen LogP contribution in [0.25, 0.3) is 0 Å². The van der Waals surface area contributed by atoms with Crippen molar-refractivity contribution in [3.8, 4) is 0 Å². The van der Waals surface area contributed by atoms with E-state index in [1.165, 1.54) is 6.92 Å². The maximum Gasteiger partial charge on any atom is 0.254 e. The van der Waals surface area contributed by atoms with Crippen LogP contribution in [0.4, 0.5) is 5.69 Å². The molecule has 4 nitrogen and oxygen atoms in total. The molecule has 0 aliphatic carbocycles. The van der Waals surface area contributed by atoms with Crippen molar-refractivity contribution in [3.63, 3.8) is 0 Å². The van der Waals surface area contributed by atoms with Crippen molar-refractivity contribution in [3.05, 3.63) is 28.3 Å². The van der Waals surface area contributed by atoms with E-state index in [2.05, 4.69) is 5.32 Å². The Morgan fingerprint density at radius 2 is 2.16 bits per heavy atom. The van der Waals surface area contributed by atoms with Crippen molar-refractivity contribution in [1.82, 2.24) is 5.32 Å². The SMILES string of the molecule is CCCN1C(=O)[C@@H](NC(C)=O)c2c(Cl)ccc(C)c21. The van der Waals surface area contributed by atoms with E-state index >= 15 is 0 Å². The first-order valence-electron chi connectivity index (χ1n) is 6.34. The van der Waals surface area contributed by atoms with Crippen LogP contribution in [0.2, 0.25) is 5.02 Å². The highest BCUT2D eigenvalue weighted by atomic mass is 35.5. The molecule has 102 valence electrons. The molecule has 1 atom stereocenters. The summed E-state index contributed by atoms with van der Waals surface area (Å²) in [5.41, 5.74) is 2.56. The number of hydrogen-bond acceptors (Lipinski definition) is 2. The van der Waals surface area contributed by atoms with Gasteiger partial charge in [-0.05, 0) is 25.0 Å². The predicted octanol–water partition coefficient (Wildman–Crippen LogP) is 2.58. The van der Waals surface area contributed by atoms with E-state index in [1.54, 1.807) is 11.0 Å². The lowest BCUT2D eigenvalue weighted by Gasteiger charge is -2.18. The first-order chi connectivity index (χ1) is 8.97. The summed E-state index contributed by atoms with van der Waals surface area (Å²) in [6, 6.07) is 3.01. The Morgan fingerprint density at radius 1 is 1.47 bits per heavy atom. The summed E-state index contributed by atoms with van der Waals surface area (Å²) in [5, 5.41) is 3.21. The normalized spacial score (nSPS) is 17.6. The van der Waals surface area contributed by atoms with Crippen molar-refractivity contribution < 1.29 is 9.59 Å². The van der Waals surface area contributed by atoms with Gasteiger partial charge in [-0.3, -0.25) is 9.59 Å². The largest absolute Gasteiger partial charge is 0.341 e. The molecule has 19 heavy (non-hydrogen) atoms. The van der Waals surface area contributed by atoms with Gasteiger partial charge in [-0.25, -0.2) is 0 Å². The number of carbonyl (C=O) groups is 2. The second kappa shape index (κ2) is 5.21. The second-order valence-electron chi connectivity index (χ2n) is 4.75. The van der Waals surface area contributed by atoms with Gasteiger partial charge in [0.2, 0.25) is 5.91 Å². The summed E-state index contributed by atoms with van der Waals surface area (Å²) >= 11 is 6.22. The molecule has 2 rings (SSSR count). The summed E-state index contributed by atoms with van der Waals surface area (Å²) < 4.78 is 0. The molecule has 1 aliphatic rings. The lowest BCUT2D eigenvalue weighted by atomic mass is 10.0. The monoisotopic (exact) mass is 280 g/mol. The zero-order valence-corrected chi connectivity index (χ0v) is 12.0. The minimum atomic E-state index is -0.661. The van der Waals surface area contributed by atoms with Crippen molar-refractivity contribution >= 4 is 29.1 Å². The molecular weight excluding hydrogens is 264 g/mol. The van der Waals surface area contributed by atoms with E-state index in [9.17, 15) is 9.59 Å². The lowest BCUT2D eigenvalue weighted by Crippen LogP contribution is -2.37. The van der Waals surface area contributed by atoms with Crippen LogP contribution in [0.3, 0.4) is 0 Å². The third-order valence-corrected chi connectivity index (χ3v) is 3.56. The minimum Gasteiger partial charge on any atom is -0.341 e. The average Bonchev–Trinajstić information content (AvgIpc) is 2.60. The van der Waals surface area contributed by atoms with Gasteiger partial charge in [0.1, 0.15) is 6.04 Å². The second-order valence-corrected chi connectivity index (χ2v) is 5.16. The van der Waals surface area contributed by atoms with Gasteiger partial charge in [0.25, 0.3) is 5.91 Å². The van der Waals surface area contributed by atoms with Crippen LogP contribution in [-0.4, -0.2) is 18.4 Å². The Morgan fingerprint density at radius 3 is 2.74 bits per heavy atom. The molecule has 0 saturated carbocycles. The number of benzene rings is 1. The van der Waals surface area contributed by atoms with Crippen molar-refractivity contribution in [1.29, 1.82) is 0 Å². The van der Waals surface area contributed by atoms with Crippen molar-refractivity contribution in [2.75, 3.05) is 11.4 Å². The quantitative estimate of drug-likeness (QED) is 0.925. The van der Waals surface area contributed by atoms with Crippen LogP contribution in [0.5, 0.6) is 0 Å². The number of rotatable bonds is 3. The Bertz CT molecular complexity index is 542. The van der Waals surface area contributed by atoms with Gasteiger partial charge in [0.15, 0.2) is 0 Å². The number of fused-ring (bicyclic) bond motifs is 1. The number of carbonyl (C=O) groups excluding carboxylic acids is 2. The number of aryl methyl sites for hydroxylation is 1. The van der Waals surface area contributed by atoms with Crippen LogP contribution in [0.1, 0.15) is 37.4 Å². The summed E-state index contributed by atoms with van der Waals surface area (Å²) in [4.78, 5) is 25.5. The lowest BCUT2D eigenvalue weighted by molar-refractivity contribution is -0.126. The minimum absolute atomic E-state index is 0.108. The molecule has 0 bridgehead atoms. The fourth-order valence-electron chi connectivity index (χ4n) is 2.50. The standard InChI is InChI=1S/C14H17ClN2O2/c1-4-7-17-13-8(2)5-6-10(15)11(13)12(14(17)19)16-9(3)18/h5-6,12H,4,7H2,1-3H3,(H,16,18)/t12-/m0/s1. The molecule has 0 aromatic heterocycles. The van der Waals surface area contributed by atoms with E-state index in [1.807, 2.05) is 19.9 Å². The number of hydrogen-bond donors (Lipinski definition) is 1. The van der Waals surface area contributed by atoms with E-state index in [4.69, 9.17) is 11.6 Å². The summed E-state index contributed by atoms with van der Waals surface area (Å²) in [5.74, 6) is -0.344. The van der Waals surface area contributed by atoms with Gasteiger partial charge in [0, 0.05) is 24.1 Å². The van der Waals surface area contributed by atoms with Gasteiger partial charge >= 0.3 is 0 Å². The Kier molecular flexibility index (Phi) is 3.80. The van der Waals surface area contributed by atoms with Gasteiger partial charge in [-0.15, -0.1) is 0 Å². The molecule has 1 N–H and O–H groups in total. The van der Waals surface area contributed by atoms with Crippen LogP contribution in [0.15, 0.2) is 12.1 Å². The number of nitrogens with one attached hydrogen (secondary N) is 1. The van der Waals surface area contributed by atoms with Crippen molar-refractivity contribution in [2.45, 2.75) is 33.2 Å². The van der Waals surface area contributed by atoms with Gasteiger partial charge in [-0.1, -0.05) is 24.6 Å². The molecule has 0 fully saturated rings. The zero-order chi connectivity index (χ0) is 14.2. The molecule has 0 saturated heterocycles. The number of nitrogens with zero attached hydrogens (tertiary/aromatic N) is 1. The van der Waals surface area contributed by atoms with Gasteiger partial charge in [0.05, 0.1) is 5.69 Å². The highest BCUT2D eigenvalue weighted by molar-refractivity contribution is 6.33. The summed E-state index contributed by atoms with van der Waals surface area (Å²) in [6.07, 6.45) is 0.851.